The van der Waals surface area contributed by atoms with Crippen LogP contribution in [0.1, 0.15) is 57.8 Å². The van der Waals surface area contributed by atoms with E-state index in [0.29, 0.717) is 19.5 Å². The van der Waals surface area contributed by atoms with E-state index in [1.165, 1.54) is 6.42 Å². The molecule has 1 aliphatic heterocycles. The van der Waals surface area contributed by atoms with Crippen LogP contribution < -0.4 is 0 Å². The third kappa shape index (κ3) is 4.70. The van der Waals surface area contributed by atoms with E-state index in [1.807, 2.05) is 0 Å². The maximum Gasteiger partial charge on any atom is 0.303 e. The van der Waals surface area contributed by atoms with Crippen LogP contribution >= 0.6 is 0 Å². The molecule has 0 radical (unpaired) electrons. The van der Waals surface area contributed by atoms with E-state index in [2.05, 4.69) is 0 Å². The highest BCUT2D eigenvalue weighted by molar-refractivity contribution is 5.81. The number of aliphatic carboxylic acids is 1. The number of piperidine rings is 1. The Bertz CT molecular complexity index is 365. The molecule has 1 saturated carbocycles. The molecule has 2 aliphatic rings. The fourth-order valence-corrected chi connectivity index (χ4v) is 3.67. The van der Waals surface area contributed by atoms with Gasteiger partial charge in [-0.25, -0.2) is 0 Å². The van der Waals surface area contributed by atoms with Gasteiger partial charge < -0.3 is 15.1 Å². The summed E-state index contributed by atoms with van der Waals surface area (Å²) in [6.45, 7) is 1.31. The first-order valence-electron chi connectivity index (χ1n) is 8.26. The molecule has 1 heterocycles. The molecule has 2 atom stereocenters. The zero-order valence-corrected chi connectivity index (χ0v) is 12.7. The normalized spacial score (nSPS) is 25.6. The lowest BCUT2D eigenvalue weighted by Crippen LogP contribution is -2.47. The summed E-state index contributed by atoms with van der Waals surface area (Å²) in [5, 5.41) is 19.1. The van der Waals surface area contributed by atoms with E-state index in [-0.39, 0.29) is 24.2 Å². The second-order valence-electron chi connectivity index (χ2n) is 6.57. The average molecular weight is 297 g/mol. The Morgan fingerprint density at radius 1 is 1.10 bits per heavy atom. The number of likely N-dealkylation sites (tertiary alicyclic amines) is 1. The molecule has 1 saturated heterocycles. The van der Waals surface area contributed by atoms with Gasteiger partial charge in [-0.05, 0) is 43.9 Å². The lowest BCUT2D eigenvalue weighted by atomic mass is 9.84. The van der Waals surface area contributed by atoms with Crippen molar-refractivity contribution in [2.75, 3.05) is 13.1 Å². The monoisotopic (exact) mass is 297 g/mol. The number of aliphatic hydroxyl groups is 1. The van der Waals surface area contributed by atoms with Crippen LogP contribution in [0.3, 0.4) is 0 Å². The van der Waals surface area contributed by atoms with Crippen LogP contribution in [0.5, 0.6) is 0 Å². The zero-order valence-electron chi connectivity index (χ0n) is 12.7. The number of rotatable bonds is 5. The number of aliphatic hydroxyl groups excluding tert-OH is 1. The maximum atomic E-state index is 12.4. The van der Waals surface area contributed by atoms with Crippen molar-refractivity contribution in [3.05, 3.63) is 0 Å². The molecule has 0 bridgehead atoms. The molecule has 21 heavy (non-hydrogen) atoms. The van der Waals surface area contributed by atoms with Gasteiger partial charge in [0.15, 0.2) is 0 Å². The second kappa shape index (κ2) is 7.78. The number of amides is 1. The van der Waals surface area contributed by atoms with Crippen LogP contribution in [0.25, 0.3) is 0 Å². The summed E-state index contributed by atoms with van der Waals surface area (Å²) in [4.78, 5) is 24.9. The minimum Gasteiger partial charge on any atom is -0.481 e. The summed E-state index contributed by atoms with van der Waals surface area (Å²) in [5.74, 6) is -0.536. The first kappa shape index (κ1) is 16.3. The number of carboxylic acids is 1. The number of hydrogen-bond donors (Lipinski definition) is 2. The predicted molar refractivity (Wildman–Crippen MR) is 78.8 cm³/mol. The van der Waals surface area contributed by atoms with Gasteiger partial charge in [0.2, 0.25) is 0 Å². The van der Waals surface area contributed by atoms with Gasteiger partial charge in [0.25, 0.3) is 5.91 Å². The molecule has 2 N–H and O–H groups in total. The minimum atomic E-state index is -0.858. The van der Waals surface area contributed by atoms with Crippen molar-refractivity contribution in [1.82, 2.24) is 4.90 Å². The number of carbonyl (C=O) groups excluding carboxylic acids is 1. The van der Waals surface area contributed by atoms with Gasteiger partial charge >= 0.3 is 5.97 Å². The number of carboxylic acid groups (broad SMARTS) is 1. The van der Waals surface area contributed by atoms with E-state index in [1.54, 1.807) is 4.90 Å². The lowest BCUT2D eigenvalue weighted by Gasteiger charge is -2.36. The SMILES string of the molecule is O=C(O)CCC1CCCN(C(=O)C(O)C2CCCCC2)C1. The molecule has 5 nitrogen and oxygen atoms in total. The molecule has 120 valence electrons. The zero-order chi connectivity index (χ0) is 15.2. The van der Waals surface area contributed by atoms with Crippen molar-refractivity contribution >= 4 is 11.9 Å². The molecule has 2 fully saturated rings. The third-order valence-electron chi connectivity index (χ3n) is 4.95. The van der Waals surface area contributed by atoms with E-state index in [0.717, 1.165) is 38.5 Å². The Balaban J connectivity index is 1.84. The summed E-state index contributed by atoms with van der Waals surface area (Å²) >= 11 is 0. The molecule has 2 rings (SSSR count). The summed E-state index contributed by atoms with van der Waals surface area (Å²) in [6.07, 6.45) is 7.14. The van der Waals surface area contributed by atoms with Gasteiger partial charge in [0.05, 0.1) is 0 Å². The molecule has 2 unspecified atom stereocenters. The summed E-state index contributed by atoms with van der Waals surface area (Å²) in [5.41, 5.74) is 0. The Kier molecular flexibility index (Phi) is 6.03. The van der Waals surface area contributed by atoms with E-state index >= 15 is 0 Å². The van der Waals surface area contributed by atoms with Crippen molar-refractivity contribution in [3.8, 4) is 0 Å². The van der Waals surface area contributed by atoms with Gasteiger partial charge in [-0.15, -0.1) is 0 Å². The second-order valence-corrected chi connectivity index (χ2v) is 6.57. The van der Waals surface area contributed by atoms with Crippen LogP contribution in [0.15, 0.2) is 0 Å². The molecule has 0 aromatic heterocycles. The highest BCUT2D eigenvalue weighted by Crippen LogP contribution is 2.28. The van der Waals surface area contributed by atoms with Crippen molar-refractivity contribution in [1.29, 1.82) is 0 Å². The standard InChI is InChI=1S/C16H27NO4/c18-14(19)9-8-12-5-4-10-17(11-12)16(21)15(20)13-6-2-1-3-7-13/h12-13,15,20H,1-11H2,(H,18,19). The van der Waals surface area contributed by atoms with Gasteiger partial charge in [-0.3, -0.25) is 9.59 Å². The Morgan fingerprint density at radius 2 is 1.81 bits per heavy atom. The van der Waals surface area contributed by atoms with Crippen LogP contribution in [-0.2, 0) is 9.59 Å². The van der Waals surface area contributed by atoms with Crippen LogP contribution in [0.2, 0.25) is 0 Å². The molecular weight excluding hydrogens is 270 g/mol. The lowest BCUT2D eigenvalue weighted by molar-refractivity contribution is -0.145. The quantitative estimate of drug-likeness (QED) is 0.814. The van der Waals surface area contributed by atoms with E-state index in [4.69, 9.17) is 5.11 Å². The average Bonchev–Trinajstić information content (AvgIpc) is 2.52. The molecule has 0 aromatic rings. The Labute approximate surface area is 126 Å². The number of hydrogen-bond acceptors (Lipinski definition) is 3. The van der Waals surface area contributed by atoms with Crippen molar-refractivity contribution in [2.24, 2.45) is 11.8 Å². The van der Waals surface area contributed by atoms with Gasteiger partial charge in [0.1, 0.15) is 6.10 Å². The molecule has 5 heteroatoms. The topological polar surface area (TPSA) is 77.8 Å². The Hall–Kier alpha value is -1.10. The van der Waals surface area contributed by atoms with Gasteiger partial charge in [-0.2, -0.15) is 0 Å². The highest BCUT2D eigenvalue weighted by Gasteiger charge is 2.33. The fraction of sp³-hybridized carbons (Fsp3) is 0.875. The predicted octanol–water partition coefficient (Wildman–Crippen LogP) is 2.03. The largest absolute Gasteiger partial charge is 0.481 e. The van der Waals surface area contributed by atoms with E-state index in [9.17, 15) is 14.7 Å². The number of carbonyl (C=O) groups is 2. The van der Waals surface area contributed by atoms with E-state index < -0.39 is 12.1 Å². The minimum absolute atomic E-state index is 0.116. The highest BCUT2D eigenvalue weighted by atomic mass is 16.4. The molecule has 0 aromatic carbocycles. The van der Waals surface area contributed by atoms with Crippen LogP contribution in [0, 0.1) is 11.8 Å². The van der Waals surface area contributed by atoms with Crippen molar-refractivity contribution < 1.29 is 19.8 Å². The number of nitrogens with zero attached hydrogens (tertiary/aromatic N) is 1. The van der Waals surface area contributed by atoms with Crippen LogP contribution in [-0.4, -0.2) is 46.2 Å². The first-order chi connectivity index (χ1) is 10.1. The molecule has 1 aliphatic carbocycles. The van der Waals surface area contributed by atoms with Gasteiger partial charge in [-0.1, -0.05) is 19.3 Å². The maximum absolute atomic E-state index is 12.4. The van der Waals surface area contributed by atoms with Crippen molar-refractivity contribution in [3.63, 3.8) is 0 Å². The molecule has 0 spiro atoms. The first-order valence-corrected chi connectivity index (χ1v) is 8.26. The Morgan fingerprint density at radius 3 is 2.48 bits per heavy atom. The third-order valence-corrected chi connectivity index (χ3v) is 4.95. The van der Waals surface area contributed by atoms with Crippen molar-refractivity contribution in [2.45, 2.75) is 63.9 Å². The smallest absolute Gasteiger partial charge is 0.303 e. The summed E-state index contributed by atoms with van der Waals surface area (Å²) in [7, 11) is 0. The molecule has 1 amide bonds. The summed E-state index contributed by atoms with van der Waals surface area (Å²) < 4.78 is 0. The molecular formula is C16H27NO4. The van der Waals surface area contributed by atoms with Gasteiger partial charge in [0, 0.05) is 19.5 Å². The fourth-order valence-electron chi connectivity index (χ4n) is 3.67. The summed E-state index contributed by atoms with van der Waals surface area (Å²) in [6, 6.07) is 0. The van der Waals surface area contributed by atoms with Crippen LogP contribution in [0.4, 0.5) is 0 Å².